The first-order chi connectivity index (χ1) is 10.5. The first-order valence-electron chi connectivity index (χ1n) is 7.53. The Bertz CT molecular complexity index is 754. The zero-order valence-corrected chi connectivity index (χ0v) is 13.6. The van der Waals surface area contributed by atoms with Crippen LogP contribution in [-0.4, -0.2) is 19.6 Å². The van der Waals surface area contributed by atoms with Crippen molar-refractivity contribution >= 4 is 10.0 Å². The zero-order chi connectivity index (χ0) is 15.7. The molecule has 1 fully saturated rings. The lowest BCUT2D eigenvalue weighted by Gasteiger charge is -2.21. The van der Waals surface area contributed by atoms with Gasteiger partial charge in [0.15, 0.2) is 5.76 Å². The fourth-order valence-corrected chi connectivity index (χ4v) is 3.97. The highest BCUT2D eigenvalue weighted by Gasteiger charge is 2.25. The maximum atomic E-state index is 12.4. The molecule has 1 aliphatic rings. The van der Waals surface area contributed by atoms with E-state index in [1.165, 1.54) is 12.5 Å². The number of aryl methyl sites for hydroxylation is 1. The van der Waals surface area contributed by atoms with Crippen LogP contribution in [0.2, 0.25) is 0 Å². The van der Waals surface area contributed by atoms with Gasteiger partial charge in [0, 0.05) is 11.6 Å². The molecule has 2 aromatic heterocycles. The Hall–Kier alpha value is -1.60. The lowest BCUT2D eigenvalue weighted by Crippen LogP contribution is -2.35. The van der Waals surface area contributed by atoms with Crippen LogP contribution in [0.1, 0.15) is 43.4 Å². The smallest absolute Gasteiger partial charge is 0.274 e. The molecule has 0 atom stereocenters. The molecule has 120 valence electrons. The van der Waals surface area contributed by atoms with Gasteiger partial charge in [0.25, 0.3) is 10.0 Å². The molecule has 2 heterocycles. The lowest BCUT2D eigenvalue weighted by molar-refractivity contribution is 0.388. The number of nitrogens with one attached hydrogen (secondary N) is 1. The summed E-state index contributed by atoms with van der Waals surface area (Å²) in [5.74, 6) is 0.846. The molecule has 22 heavy (non-hydrogen) atoms. The highest BCUT2D eigenvalue weighted by atomic mass is 32.2. The fraction of sp³-hybridized carbons (Fsp3) is 0.533. The van der Waals surface area contributed by atoms with Gasteiger partial charge < -0.3 is 8.94 Å². The summed E-state index contributed by atoms with van der Waals surface area (Å²) < 4.78 is 38.2. The van der Waals surface area contributed by atoms with E-state index in [4.69, 9.17) is 8.94 Å². The van der Waals surface area contributed by atoms with Crippen molar-refractivity contribution in [2.24, 2.45) is 0 Å². The van der Waals surface area contributed by atoms with Crippen molar-refractivity contribution < 1.29 is 17.4 Å². The number of nitrogens with zero attached hydrogens (tertiary/aromatic N) is 1. The lowest BCUT2D eigenvalue weighted by atomic mass is 9.96. The SMILES string of the molecule is Cc1noc(-c2ccc(S(=O)(=O)NC3CCCCC3)o2)c1C. The van der Waals surface area contributed by atoms with Crippen LogP contribution in [0.5, 0.6) is 0 Å². The third kappa shape index (κ3) is 2.96. The molecule has 6 nitrogen and oxygen atoms in total. The summed E-state index contributed by atoms with van der Waals surface area (Å²) in [6, 6.07) is 3.06. The van der Waals surface area contributed by atoms with E-state index in [2.05, 4.69) is 9.88 Å². The maximum absolute atomic E-state index is 12.4. The van der Waals surface area contributed by atoms with Gasteiger partial charge in [-0.05, 0) is 38.8 Å². The quantitative estimate of drug-likeness (QED) is 0.933. The summed E-state index contributed by atoms with van der Waals surface area (Å²) in [7, 11) is -3.63. The molecule has 7 heteroatoms. The summed E-state index contributed by atoms with van der Waals surface area (Å²) in [5.41, 5.74) is 1.61. The van der Waals surface area contributed by atoms with E-state index in [1.54, 1.807) is 6.07 Å². The average Bonchev–Trinajstić information content (AvgIpc) is 3.09. The van der Waals surface area contributed by atoms with Gasteiger partial charge in [-0.3, -0.25) is 0 Å². The Morgan fingerprint density at radius 2 is 1.91 bits per heavy atom. The van der Waals surface area contributed by atoms with Crippen LogP contribution in [0.25, 0.3) is 11.5 Å². The van der Waals surface area contributed by atoms with Crippen molar-refractivity contribution in [3.05, 3.63) is 23.4 Å². The summed E-state index contributed by atoms with van der Waals surface area (Å²) in [4.78, 5) is 0. The Morgan fingerprint density at radius 3 is 2.55 bits per heavy atom. The topological polar surface area (TPSA) is 85.3 Å². The summed E-state index contributed by atoms with van der Waals surface area (Å²) in [5, 5.41) is 3.78. The number of hydrogen-bond donors (Lipinski definition) is 1. The molecule has 0 radical (unpaired) electrons. The Balaban J connectivity index is 1.81. The number of hydrogen-bond acceptors (Lipinski definition) is 5. The van der Waals surface area contributed by atoms with Crippen LogP contribution < -0.4 is 4.72 Å². The zero-order valence-electron chi connectivity index (χ0n) is 12.8. The van der Waals surface area contributed by atoms with E-state index in [1.807, 2.05) is 13.8 Å². The largest absolute Gasteiger partial charge is 0.440 e. The molecular formula is C15H20N2O4S. The number of furan rings is 1. The standard InChI is InChI=1S/C15H20N2O4S/c1-10-11(2)16-21-15(10)13-8-9-14(20-13)22(18,19)17-12-6-4-3-5-7-12/h8-9,12,17H,3-7H2,1-2H3. The van der Waals surface area contributed by atoms with Crippen molar-refractivity contribution in [1.29, 1.82) is 0 Å². The highest BCUT2D eigenvalue weighted by Crippen LogP contribution is 2.29. The second-order valence-corrected chi connectivity index (χ2v) is 7.44. The molecule has 0 aromatic carbocycles. The van der Waals surface area contributed by atoms with Gasteiger partial charge in [0.2, 0.25) is 10.9 Å². The molecule has 0 amide bonds. The van der Waals surface area contributed by atoms with Gasteiger partial charge in [-0.15, -0.1) is 0 Å². The van der Waals surface area contributed by atoms with E-state index in [0.29, 0.717) is 11.5 Å². The van der Waals surface area contributed by atoms with Crippen molar-refractivity contribution in [3.63, 3.8) is 0 Å². The van der Waals surface area contributed by atoms with Crippen molar-refractivity contribution in [3.8, 4) is 11.5 Å². The minimum Gasteiger partial charge on any atom is -0.440 e. The van der Waals surface area contributed by atoms with E-state index in [-0.39, 0.29) is 11.1 Å². The average molecular weight is 324 g/mol. The molecule has 0 bridgehead atoms. The molecule has 0 unspecified atom stereocenters. The molecule has 1 saturated carbocycles. The predicted octanol–water partition coefficient (Wildman–Crippen LogP) is 3.16. The molecule has 1 N–H and O–H groups in total. The molecule has 0 spiro atoms. The Labute approximate surface area is 129 Å². The van der Waals surface area contributed by atoms with Crippen LogP contribution in [-0.2, 0) is 10.0 Å². The van der Waals surface area contributed by atoms with Gasteiger partial charge in [0.05, 0.1) is 5.69 Å². The normalized spacial score (nSPS) is 17.0. The second kappa shape index (κ2) is 5.89. The van der Waals surface area contributed by atoms with E-state index >= 15 is 0 Å². The van der Waals surface area contributed by atoms with Gasteiger partial charge in [-0.25, -0.2) is 13.1 Å². The van der Waals surface area contributed by atoms with Crippen LogP contribution in [0.15, 0.2) is 26.2 Å². The van der Waals surface area contributed by atoms with Gasteiger partial charge in [-0.2, -0.15) is 0 Å². The van der Waals surface area contributed by atoms with E-state index in [9.17, 15) is 8.42 Å². The van der Waals surface area contributed by atoms with Crippen molar-refractivity contribution in [2.75, 3.05) is 0 Å². The predicted molar refractivity (Wildman–Crippen MR) is 80.9 cm³/mol. The van der Waals surface area contributed by atoms with Gasteiger partial charge in [0.1, 0.15) is 0 Å². The van der Waals surface area contributed by atoms with Crippen LogP contribution in [0.4, 0.5) is 0 Å². The Morgan fingerprint density at radius 1 is 1.18 bits per heavy atom. The van der Waals surface area contributed by atoms with E-state index in [0.717, 1.165) is 36.9 Å². The first-order valence-corrected chi connectivity index (χ1v) is 9.01. The second-order valence-electron chi connectivity index (χ2n) is 5.80. The fourth-order valence-electron chi connectivity index (χ4n) is 2.73. The summed E-state index contributed by atoms with van der Waals surface area (Å²) in [6.45, 7) is 3.69. The monoisotopic (exact) mass is 324 g/mol. The third-order valence-corrected chi connectivity index (χ3v) is 5.55. The first kappa shape index (κ1) is 15.3. The van der Waals surface area contributed by atoms with Crippen molar-refractivity contribution in [2.45, 2.75) is 57.1 Å². The molecule has 2 aromatic rings. The molecule has 3 rings (SSSR count). The molecule has 0 aliphatic heterocycles. The Kier molecular flexibility index (Phi) is 4.10. The third-order valence-electron chi connectivity index (χ3n) is 4.15. The number of aromatic nitrogens is 1. The van der Waals surface area contributed by atoms with Gasteiger partial charge in [-0.1, -0.05) is 24.4 Å². The molecular weight excluding hydrogens is 304 g/mol. The number of sulfonamides is 1. The molecule has 0 saturated heterocycles. The van der Waals surface area contributed by atoms with Crippen LogP contribution >= 0.6 is 0 Å². The van der Waals surface area contributed by atoms with Crippen LogP contribution in [0, 0.1) is 13.8 Å². The van der Waals surface area contributed by atoms with Crippen LogP contribution in [0.3, 0.4) is 0 Å². The highest BCUT2D eigenvalue weighted by molar-refractivity contribution is 7.89. The summed E-state index contributed by atoms with van der Waals surface area (Å²) in [6.07, 6.45) is 5.06. The molecule has 1 aliphatic carbocycles. The van der Waals surface area contributed by atoms with Crippen molar-refractivity contribution in [1.82, 2.24) is 9.88 Å². The minimum atomic E-state index is -3.63. The minimum absolute atomic E-state index is 0.00144. The van der Waals surface area contributed by atoms with Gasteiger partial charge >= 0.3 is 0 Å². The summed E-state index contributed by atoms with van der Waals surface area (Å²) >= 11 is 0. The van der Waals surface area contributed by atoms with E-state index < -0.39 is 10.0 Å². The number of rotatable bonds is 4. The maximum Gasteiger partial charge on any atom is 0.274 e.